The van der Waals surface area contributed by atoms with Crippen LogP contribution >= 0.6 is 0 Å². The predicted molar refractivity (Wildman–Crippen MR) is 96.3 cm³/mol. The van der Waals surface area contributed by atoms with E-state index in [-0.39, 0.29) is 6.61 Å². The molecule has 2 aliphatic heterocycles. The van der Waals surface area contributed by atoms with Gasteiger partial charge in [0.05, 0.1) is 18.1 Å². The Bertz CT molecular complexity index is 776. The fraction of sp³-hybridized carbons (Fsp3) is 0.524. The van der Waals surface area contributed by atoms with E-state index >= 15 is 0 Å². The molecule has 0 amide bonds. The molecule has 0 N–H and O–H groups in total. The molecule has 4 rings (SSSR count). The SMILES string of the molecule is C=C1C(=O)O[C@@H]2/C=C(/C)[C@@H]3C[C@H]3C(=C)C[C@@H](OC(=O)C3=C[C@H](OC)OC3)[C@@H]12. The van der Waals surface area contributed by atoms with E-state index in [1.54, 1.807) is 6.08 Å². The number of fused-ring (bicyclic) bond motifs is 2. The second-order valence-corrected chi connectivity index (χ2v) is 7.69. The molecule has 2 heterocycles. The van der Waals surface area contributed by atoms with Crippen LogP contribution in [0.4, 0.5) is 0 Å². The summed E-state index contributed by atoms with van der Waals surface area (Å²) < 4.78 is 21.8. The number of rotatable bonds is 3. The largest absolute Gasteiger partial charge is 0.458 e. The first-order valence-corrected chi connectivity index (χ1v) is 9.21. The van der Waals surface area contributed by atoms with Crippen LogP contribution in [0.25, 0.3) is 0 Å². The minimum atomic E-state index is -0.556. The van der Waals surface area contributed by atoms with Gasteiger partial charge in [-0.05, 0) is 37.3 Å². The average Bonchev–Trinajstić information content (AvgIpc) is 3.20. The molecule has 0 aromatic rings. The Hall–Kier alpha value is -2.18. The fourth-order valence-corrected chi connectivity index (χ4v) is 4.27. The minimum absolute atomic E-state index is 0.138. The normalized spacial score (nSPS) is 39.9. The van der Waals surface area contributed by atoms with Crippen molar-refractivity contribution in [3.05, 3.63) is 47.6 Å². The fourth-order valence-electron chi connectivity index (χ4n) is 4.27. The highest BCUT2D eigenvalue weighted by Crippen LogP contribution is 2.52. The van der Waals surface area contributed by atoms with E-state index in [1.165, 1.54) is 12.7 Å². The average molecular weight is 372 g/mol. The van der Waals surface area contributed by atoms with Gasteiger partial charge in [0.15, 0.2) is 6.29 Å². The second kappa shape index (κ2) is 6.77. The molecule has 1 saturated heterocycles. The lowest BCUT2D eigenvalue weighted by molar-refractivity contribution is -0.147. The second-order valence-electron chi connectivity index (χ2n) is 7.69. The zero-order chi connectivity index (χ0) is 19.3. The van der Waals surface area contributed by atoms with E-state index < -0.39 is 36.4 Å². The Morgan fingerprint density at radius 1 is 1.26 bits per heavy atom. The molecule has 0 aromatic heterocycles. The smallest absolute Gasteiger partial charge is 0.336 e. The lowest BCUT2D eigenvalue weighted by Crippen LogP contribution is -2.33. The van der Waals surface area contributed by atoms with Gasteiger partial charge in [-0.3, -0.25) is 0 Å². The maximum absolute atomic E-state index is 12.7. The summed E-state index contributed by atoms with van der Waals surface area (Å²) >= 11 is 0. The van der Waals surface area contributed by atoms with Crippen LogP contribution in [0.2, 0.25) is 0 Å². The summed E-state index contributed by atoms with van der Waals surface area (Å²) in [5.41, 5.74) is 3.00. The Balaban J connectivity index is 1.61. The predicted octanol–water partition coefficient (Wildman–Crippen LogP) is 2.47. The van der Waals surface area contributed by atoms with Gasteiger partial charge < -0.3 is 18.9 Å². The van der Waals surface area contributed by atoms with Crippen molar-refractivity contribution in [2.75, 3.05) is 13.7 Å². The summed E-state index contributed by atoms with van der Waals surface area (Å²) in [7, 11) is 1.51. The van der Waals surface area contributed by atoms with Crippen molar-refractivity contribution < 1.29 is 28.5 Å². The molecule has 0 spiro atoms. The van der Waals surface area contributed by atoms with Crippen molar-refractivity contribution >= 4 is 11.9 Å². The lowest BCUT2D eigenvalue weighted by Gasteiger charge is -2.26. The summed E-state index contributed by atoms with van der Waals surface area (Å²) in [5.74, 6) is -0.473. The minimum Gasteiger partial charge on any atom is -0.458 e. The third-order valence-corrected chi connectivity index (χ3v) is 5.95. The van der Waals surface area contributed by atoms with Crippen LogP contribution in [-0.4, -0.2) is 44.2 Å². The van der Waals surface area contributed by atoms with E-state index in [0.717, 1.165) is 12.0 Å². The Morgan fingerprint density at radius 3 is 2.74 bits per heavy atom. The van der Waals surface area contributed by atoms with Crippen molar-refractivity contribution in [2.24, 2.45) is 17.8 Å². The molecule has 6 nitrogen and oxygen atoms in total. The Morgan fingerprint density at radius 2 is 2.04 bits per heavy atom. The standard InChI is InChI=1S/C21H24O6/c1-10-5-16-19(12(3)20(22)26-16)17(6-11(2)15-8-14(10)15)27-21(23)13-7-18(24-4)25-9-13/h5,7,14-19H,2-3,6,8-9H2,1,4H3/b10-5-/t14-,15-,16+,17+,18+,19-/m0/s1. The summed E-state index contributed by atoms with van der Waals surface area (Å²) in [5, 5.41) is 0. The molecule has 6 atom stereocenters. The number of esters is 2. The van der Waals surface area contributed by atoms with Gasteiger partial charge in [-0.15, -0.1) is 0 Å². The van der Waals surface area contributed by atoms with Crippen molar-refractivity contribution in [3.63, 3.8) is 0 Å². The van der Waals surface area contributed by atoms with Crippen molar-refractivity contribution in [1.29, 1.82) is 0 Å². The van der Waals surface area contributed by atoms with E-state index in [0.29, 0.717) is 29.4 Å². The van der Waals surface area contributed by atoms with Gasteiger partial charge in [0.2, 0.25) is 0 Å². The van der Waals surface area contributed by atoms with Crippen molar-refractivity contribution in [2.45, 2.75) is 38.3 Å². The number of ether oxygens (including phenoxy) is 4. The van der Waals surface area contributed by atoms with E-state index in [4.69, 9.17) is 18.9 Å². The maximum atomic E-state index is 12.7. The van der Waals surface area contributed by atoms with Crippen LogP contribution in [-0.2, 0) is 28.5 Å². The van der Waals surface area contributed by atoms with Crippen LogP contribution in [0.15, 0.2) is 47.6 Å². The molecule has 0 aromatic carbocycles. The monoisotopic (exact) mass is 372 g/mol. The molecule has 0 bridgehead atoms. The molecule has 6 heteroatoms. The molecule has 0 unspecified atom stereocenters. The highest BCUT2D eigenvalue weighted by atomic mass is 16.7. The summed E-state index contributed by atoms with van der Waals surface area (Å²) in [6.45, 7) is 10.3. The van der Waals surface area contributed by atoms with Gasteiger partial charge in [-0.2, -0.15) is 0 Å². The first-order valence-electron chi connectivity index (χ1n) is 9.21. The summed E-state index contributed by atoms with van der Waals surface area (Å²) in [4.78, 5) is 24.8. The molecule has 0 radical (unpaired) electrons. The summed E-state index contributed by atoms with van der Waals surface area (Å²) in [6, 6.07) is 0. The molecular formula is C21H24O6. The Labute approximate surface area is 158 Å². The third kappa shape index (κ3) is 3.28. The van der Waals surface area contributed by atoms with Crippen LogP contribution in [0.5, 0.6) is 0 Å². The zero-order valence-electron chi connectivity index (χ0n) is 15.6. The summed E-state index contributed by atoms with van der Waals surface area (Å²) in [6.07, 6.45) is 3.57. The van der Waals surface area contributed by atoms with Gasteiger partial charge in [-0.1, -0.05) is 24.3 Å². The van der Waals surface area contributed by atoms with Gasteiger partial charge in [0, 0.05) is 19.1 Å². The van der Waals surface area contributed by atoms with Crippen molar-refractivity contribution in [1.82, 2.24) is 0 Å². The molecule has 4 aliphatic rings. The third-order valence-electron chi connectivity index (χ3n) is 5.95. The molecule has 1 saturated carbocycles. The number of carbonyl (C=O) groups excluding carboxylic acids is 2. The maximum Gasteiger partial charge on any atom is 0.336 e. The quantitative estimate of drug-likeness (QED) is 0.431. The molecule has 27 heavy (non-hydrogen) atoms. The Kier molecular flexibility index (Phi) is 4.56. The lowest BCUT2D eigenvalue weighted by atomic mass is 9.87. The molecule has 2 fully saturated rings. The number of hydrogen-bond acceptors (Lipinski definition) is 6. The van der Waals surface area contributed by atoms with E-state index in [2.05, 4.69) is 20.1 Å². The number of hydrogen-bond donors (Lipinski definition) is 0. The van der Waals surface area contributed by atoms with Crippen LogP contribution in [0, 0.1) is 17.8 Å². The number of carbonyl (C=O) groups is 2. The zero-order valence-corrected chi connectivity index (χ0v) is 15.6. The van der Waals surface area contributed by atoms with Gasteiger partial charge in [0.1, 0.15) is 12.2 Å². The van der Waals surface area contributed by atoms with Crippen LogP contribution in [0.3, 0.4) is 0 Å². The molecule has 2 aliphatic carbocycles. The highest BCUT2D eigenvalue weighted by Gasteiger charge is 2.49. The molecular weight excluding hydrogens is 348 g/mol. The van der Waals surface area contributed by atoms with Crippen LogP contribution in [0.1, 0.15) is 19.8 Å². The topological polar surface area (TPSA) is 71.1 Å². The van der Waals surface area contributed by atoms with Gasteiger partial charge in [-0.25, -0.2) is 9.59 Å². The molecule has 144 valence electrons. The first kappa shape index (κ1) is 18.2. The van der Waals surface area contributed by atoms with E-state index in [9.17, 15) is 9.59 Å². The van der Waals surface area contributed by atoms with Crippen LogP contribution < -0.4 is 0 Å². The van der Waals surface area contributed by atoms with E-state index in [1.807, 2.05) is 6.08 Å². The number of methoxy groups -OCH3 is 1. The van der Waals surface area contributed by atoms with Crippen molar-refractivity contribution in [3.8, 4) is 0 Å². The number of allylic oxidation sites excluding steroid dienone is 1. The van der Waals surface area contributed by atoms with Gasteiger partial charge >= 0.3 is 11.9 Å². The first-order chi connectivity index (χ1) is 12.9. The van der Waals surface area contributed by atoms with Gasteiger partial charge in [0.25, 0.3) is 0 Å². The highest BCUT2D eigenvalue weighted by molar-refractivity contribution is 5.92.